The van der Waals surface area contributed by atoms with Crippen molar-refractivity contribution in [3.63, 3.8) is 0 Å². The number of carbonyl (C=O) groups is 3. The molecule has 0 fully saturated rings. The maximum atomic E-state index is 13.4. The van der Waals surface area contributed by atoms with Crippen LogP contribution in [0, 0.1) is 0 Å². The minimum atomic E-state index is -0.951. The number of esters is 1. The summed E-state index contributed by atoms with van der Waals surface area (Å²) in [5, 5.41) is 5.89. The first-order valence-electron chi connectivity index (χ1n) is 13.0. The minimum absolute atomic E-state index is 0.0842. The number of fused-ring (bicyclic) bond motifs is 1. The van der Waals surface area contributed by atoms with Gasteiger partial charge in [-0.15, -0.1) is 0 Å². The van der Waals surface area contributed by atoms with Crippen molar-refractivity contribution in [3.8, 4) is 5.75 Å². The first kappa shape index (κ1) is 26.9. The van der Waals surface area contributed by atoms with E-state index >= 15 is 0 Å². The number of nitrogens with one attached hydrogen (secondary N) is 2. The summed E-state index contributed by atoms with van der Waals surface area (Å²) in [5.74, 6) is -0.446. The molecule has 4 rings (SSSR count). The standard InChI is InChI=1S/C31H34N2O5/c1-3-38-30(36)31(22-12-5-4-6-13-22)19-18-24(23-14-7-9-16-26(23)31)28(34)32-20-11-21-33-29(35)25-15-8-10-17-27(25)37-2/h4-10,12-17,24H,3,11,18-21H2,1-2H3,(H,32,34)(H,33,35). The van der Waals surface area contributed by atoms with Gasteiger partial charge in [-0.05, 0) is 55.0 Å². The van der Waals surface area contributed by atoms with E-state index in [2.05, 4.69) is 10.6 Å². The molecule has 0 aromatic heterocycles. The summed E-state index contributed by atoms with van der Waals surface area (Å²) in [6.45, 7) is 2.93. The summed E-state index contributed by atoms with van der Waals surface area (Å²) in [5.41, 5.74) is 2.06. The Bertz CT molecular complexity index is 1280. The fourth-order valence-electron chi connectivity index (χ4n) is 5.27. The molecule has 2 N–H and O–H groups in total. The SMILES string of the molecule is CCOC(=O)C1(c2ccccc2)CCC(C(=O)NCCCNC(=O)c2ccccc2OC)c2ccccc21. The number of carbonyl (C=O) groups excluding carboxylic acids is 3. The number of rotatable bonds is 10. The van der Waals surface area contributed by atoms with Gasteiger partial charge in [-0.3, -0.25) is 14.4 Å². The molecule has 0 radical (unpaired) electrons. The van der Waals surface area contributed by atoms with Crippen LogP contribution in [0.15, 0.2) is 78.9 Å². The molecule has 0 bridgehead atoms. The maximum Gasteiger partial charge on any atom is 0.321 e. The number of hydrogen-bond donors (Lipinski definition) is 2. The fraction of sp³-hybridized carbons (Fsp3) is 0.323. The van der Waals surface area contributed by atoms with Crippen molar-refractivity contribution in [1.82, 2.24) is 10.6 Å². The second-order valence-corrected chi connectivity index (χ2v) is 9.27. The predicted molar refractivity (Wildman–Crippen MR) is 145 cm³/mol. The zero-order chi connectivity index (χ0) is 27.0. The van der Waals surface area contributed by atoms with Crippen LogP contribution < -0.4 is 15.4 Å². The number of hydrogen-bond acceptors (Lipinski definition) is 5. The number of para-hydroxylation sites is 1. The highest BCUT2D eigenvalue weighted by Gasteiger charge is 2.49. The molecule has 38 heavy (non-hydrogen) atoms. The first-order valence-corrected chi connectivity index (χ1v) is 13.0. The second kappa shape index (κ2) is 12.4. The van der Waals surface area contributed by atoms with Gasteiger partial charge in [0.05, 0.1) is 25.2 Å². The molecule has 2 amide bonds. The summed E-state index contributed by atoms with van der Waals surface area (Å²) in [7, 11) is 1.53. The Morgan fingerprint density at radius 2 is 1.58 bits per heavy atom. The quantitative estimate of drug-likeness (QED) is 0.310. The van der Waals surface area contributed by atoms with Crippen molar-refractivity contribution in [2.45, 2.75) is 37.5 Å². The van der Waals surface area contributed by atoms with Crippen LogP contribution in [0.3, 0.4) is 0 Å². The molecule has 2 atom stereocenters. The van der Waals surface area contributed by atoms with Crippen LogP contribution in [0.1, 0.15) is 59.2 Å². The Kier molecular flexibility index (Phi) is 8.79. The lowest BCUT2D eigenvalue weighted by Crippen LogP contribution is -2.45. The lowest BCUT2D eigenvalue weighted by atomic mass is 9.63. The van der Waals surface area contributed by atoms with E-state index < -0.39 is 5.41 Å². The maximum absolute atomic E-state index is 13.4. The van der Waals surface area contributed by atoms with Gasteiger partial charge < -0.3 is 20.1 Å². The van der Waals surface area contributed by atoms with Crippen LogP contribution in [0.25, 0.3) is 0 Å². The number of amides is 2. The average molecular weight is 515 g/mol. The third kappa shape index (κ3) is 5.42. The highest BCUT2D eigenvalue weighted by molar-refractivity contribution is 5.97. The van der Waals surface area contributed by atoms with Gasteiger partial charge in [0.2, 0.25) is 5.91 Å². The minimum Gasteiger partial charge on any atom is -0.496 e. The monoisotopic (exact) mass is 514 g/mol. The highest BCUT2D eigenvalue weighted by Crippen LogP contribution is 2.47. The van der Waals surface area contributed by atoms with E-state index in [0.717, 1.165) is 16.7 Å². The van der Waals surface area contributed by atoms with Gasteiger partial charge in [-0.1, -0.05) is 66.7 Å². The fourth-order valence-corrected chi connectivity index (χ4v) is 5.27. The van der Waals surface area contributed by atoms with E-state index in [1.807, 2.05) is 60.7 Å². The third-order valence-electron chi connectivity index (χ3n) is 7.10. The molecule has 0 saturated heterocycles. The van der Waals surface area contributed by atoms with E-state index in [-0.39, 0.29) is 30.3 Å². The van der Waals surface area contributed by atoms with Crippen LogP contribution in [0.2, 0.25) is 0 Å². The topological polar surface area (TPSA) is 93.7 Å². The van der Waals surface area contributed by atoms with E-state index in [1.165, 1.54) is 7.11 Å². The van der Waals surface area contributed by atoms with Crippen molar-refractivity contribution in [3.05, 3.63) is 101 Å². The zero-order valence-electron chi connectivity index (χ0n) is 21.9. The molecule has 0 aliphatic heterocycles. The average Bonchev–Trinajstić information content (AvgIpc) is 2.96. The van der Waals surface area contributed by atoms with E-state index in [9.17, 15) is 14.4 Å². The molecule has 2 unspecified atom stereocenters. The lowest BCUT2D eigenvalue weighted by Gasteiger charge is -2.40. The van der Waals surface area contributed by atoms with E-state index in [4.69, 9.17) is 9.47 Å². The molecule has 198 valence electrons. The van der Waals surface area contributed by atoms with Crippen LogP contribution in [0.4, 0.5) is 0 Å². The van der Waals surface area contributed by atoms with Crippen molar-refractivity contribution in [2.75, 3.05) is 26.8 Å². The number of benzene rings is 3. The molecule has 3 aromatic carbocycles. The van der Waals surface area contributed by atoms with Gasteiger partial charge in [0.25, 0.3) is 5.91 Å². The molecule has 0 saturated carbocycles. The Labute approximate surface area is 223 Å². The first-order chi connectivity index (χ1) is 18.5. The van der Waals surface area contributed by atoms with Crippen LogP contribution in [-0.4, -0.2) is 44.6 Å². The molecule has 0 heterocycles. The van der Waals surface area contributed by atoms with Gasteiger partial charge in [-0.25, -0.2) is 0 Å². The van der Waals surface area contributed by atoms with E-state index in [1.54, 1.807) is 25.1 Å². The van der Waals surface area contributed by atoms with Gasteiger partial charge in [0.15, 0.2) is 0 Å². The molecular formula is C31H34N2O5. The number of methoxy groups -OCH3 is 1. The van der Waals surface area contributed by atoms with Crippen LogP contribution >= 0.6 is 0 Å². The molecular weight excluding hydrogens is 480 g/mol. The second-order valence-electron chi connectivity index (χ2n) is 9.27. The largest absolute Gasteiger partial charge is 0.496 e. The molecule has 1 aliphatic carbocycles. The summed E-state index contributed by atoms with van der Waals surface area (Å²) in [4.78, 5) is 39.2. The van der Waals surface area contributed by atoms with Gasteiger partial charge >= 0.3 is 5.97 Å². The summed E-state index contributed by atoms with van der Waals surface area (Å²) in [6, 6.07) is 24.4. The number of ether oxygens (including phenoxy) is 2. The lowest BCUT2D eigenvalue weighted by molar-refractivity contribution is -0.149. The zero-order valence-corrected chi connectivity index (χ0v) is 21.9. The van der Waals surface area contributed by atoms with Gasteiger partial charge in [0, 0.05) is 13.1 Å². The Morgan fingerprint density at radius 1 is 0.895 bits per heavy atom. The van der Waals surface area contributed by atoms with E-state index in [0.29, 0.717) is 43.7 Å². The molecule has 7 nitrogen and oxygen atoms in total. The van der Waals surface area contributed by atoms with Gasteiger partial charge in [0.1, 0.15) is 11.2 Å². The molecule has 7 heteroatoms. The van der Waals surface area contributed by atoms with Crippen molar-refractivity contribution < 1.29 is 23.9 Å². The van der Waals surface area contributed by atoms with Crippen LogP contribution in [0.5, 0.6) is 5.75 Å². The summed E-state index contributed by atoms with van der Waals surface area (Å²) in [6.07, 6.45) is 1.57. The summed E-state index contributed by atoms with van der Waals surface area (Å²) < 4.78 is 10.8. The molecule has 1 aliphatic rings. The molecule has 3 aromatic rings. The Morgan fingerprint density at radius 3 is 2.34 bits per heavy atom. The van der Waals surface area contributed by atoms with Crippen LogP contribution in [-0.2, 0) is 19.7 Å². The van der Waals surface area contributed by atoms with Crippen molar-refractivity contribution in [2.24, 2.45) is 0 Å². The Hall–Kier alpha value is -4.13. The normalized spacial score (nSPS) is 18.1. The van der Waals surface area contributed by atoms with Crippen molar-refractivity contribution in [1.29, 1.82) is 0 Å². The van der Waals surface area contributed by atoms with Crippen molar-refractivity contribution >= 4 is 17.8 Å². The smallest absolute Gasteiger partial charge is 0.321 e. The highest BCUT2D eigenvalue weighted by atomic mass is 16.5. The predicted octanol–water partition coefficient (Wildman–Crippen LogP) is 4.36. The summed E-state index contributed by atoms with van der Waals surface area (Å²) >= 11 is 0. The third-order valence-corrected chi connectivity index (χ3v) is 7.10. The Balaban J connectivity index is 1.43. The molecule has 0 spiro atoms. The van der Waals surface area contributed by atoms with Gasteiger partial charge in [-0.2, -0.15) is 0 Å².